The zero-order valence-electron chi connectivity index (χ0n) is 36.9. The highest BCUT2D eigenvalue weighted by atomic mass is 15.2. The second-order valence-electron chi connectivity index (χ2n) is 17.1. The minimum atomic E-state index is 0.538. The van der Waals surface area contributed by atoms with E-state index >= 15 is 0 Å². The van der Waals surface area contributed by atoms with Gasteiger partial charge >= 0.3 is 0 Å². The molecule has 0 radical (unpaired) electrons. The van der Waals surface area contributed by atoms with Crippen molar-refractivity contribution in [1.29, 1.82) is 0 Å². The molecule has 0 aliphatic heterocycles. The van der Waals surface area contributed by atoms with E-state index in [-0.39, 0.29) is 0 Å². The fourth-order valence-electron chi connectivity index (χ4n) is 10.1. The van der Waals surface area contributed by atoms with Gasteiger partial charge in [-0.1, -0.05) is 224 Å². The van der Waals surface area contributed by atoms with Gasteiger partial charge in [-0.05, 0) is 57.6 Å². The number of hydrogen-bond acceptors (Lipinski definition) is 3. The molecule has 0 spiro atoms. The van der Waals surface area contributed by atoms with Crippen LogP contribution in [0.4, 0.5) is 0 Å². The molecule has 3 heterocycles. The molecular formula is C63H41N5. The summed E-state index contributed by atoms with van der Waals surface area (Å²) in [5.41, 5.74) is 16.3. The molecule has 0 unspecified atom stereocenters. The lowest BCUT2D eigenvalue weighted by molar-refractivity contribution is 0.953. The van der Waals surface area contributed by atoms with E-state index in [1.165, 1.54) is 11.1 Å². The number of nitrogens with zero attached hydrogens (tertiary/aromatic N) is 5. The van der Waals surface area contributed by atoms with Crippen LogP contribution in [0.1, 0.15) is 0 Å². The zero-order valence-corrected chi connectivity index (χ0v) is 36.9. The van der Waals surface area contributed by atoms with Crippen molar-refractivity contribution in [3.8, 4) is 78.9 Å². The Hall–Kier alpha value is -9.19. The summed E-state index contributed by atoms with van der Waals surface area (Å²) in [5.74, 6) is 1.73. The number of benzene rings is 10. The van der Waals surface area contributed by atoms with E-state index in [4.69, 9.17) is 15.0 Å². The standard InChI is InChI=1S/C63H41N5/c1-6-20-42(21-7-1)44-34-36-49(37-35-44)62-64-61(48-28-14-5-15-29-48)65-63(66-62)68-54-33-19-17-31-52(54)58-56(47-26-12-4-13-27-47)55(46-24-10-3-11-25-46)57-51-30-16-18-32-53(51)67(59(57)60(58)68)50-40-38-45(39-41-50)43-22-8-2-9-23-43/h1-41H. The second-order valence-corrected chi connectivity index (χ2v) is 17.1. The van der Waals surface area contributed by atoms with Gasteiger partial charge in [-0.15, -0.1) is 0 Å². The van der Waals surface area contributed by atoms with Gasteiger partial charge in [0, 0.05) is 49.5 Å². The van der Waals surface area contributed by atoms with Crippen LogP contribution in [-0.2, 0) is 0 Å². The highest BCUT2D eigenvalue weighted by Gasteiger charge is 2.30. The third kappa shape index (κ3) is 6.51. The SMILES string of the molecule is c1ccc(-c2ccc(-c3nc(-c4ccccc4)nc(-n4c5ccccc5c5c(-c6ccccc6)c(-c6ccccc6)c6c7ccccc7n(-c7ccc(-c8ccccc8)cc7)c6c54)n3)cc2)cc1. The van der Waals surface area contributed by atoms with Gasteiger partial charge in [0.25, 0.3) is 0 Å². The van der Waals surface area contributed by atoms with Gasteiger partial charge < -0.3 is 4.57 Å². The molecule has 13 rings (SSSR count). The molecule has 0 bridgehead atoms. The average Bonchev–Trinajstić information content (AvgIpc) is 3.95. The molecule has 13 aromatic rings. The minimum absolute atomic E-state index is 0.538. The first kappa shape index (κ1) is 39.2. The van der Waals surface area contributed by atoms with E-state index in [2.05, 4.69) is 234 Å². The van der Waals surface area contributed by atoms with Crippen LogP contribution in [0.3, 0.4) is 0 Å². The lowest BCUT2D eigenvalue weighted by atomic mass is 9.87. The van der Waals surface area contributed by atoms with Gasteiger partial charge in [0.1, 0.15) is 0 Å². The van der Waals surface area contributed by atoms with Crippen LogP contribution in [0.25, 0.3) is 123 Å². The maximum atomic E-state index is 5.50. The maximum Gasteiger partial charge on any atom is 0.238 e. The van der Waals surface area contributed by atoms with Crippen molar-refractivity contribution < 1.29 is 0 Å². The van der Waals surface area contributed by atoms with E-state index in [1.54, 1.807) is 0 Å². The van der Waals surface area contributed by atoms with E-state index in [0.717, 1.165) is 93.8 Å². The summed E-state index contributed by atoms with van der Waals surface area (Å²) >= 11 is 0. The predicted octanol–water partition coefficient (Wildman–Crippen LogP) is 16.1. The van der Waals surface area contributed by atoms with Crippen LogP contribution in [0.2, 0.25) is 0 Å². The van der Waals surface area contributed by atoms with Crippen molar-refractivity contribution in [2.24, 2.45) is 0 Å². The molecule has 0 saturated heterocycles. The van der Waals surface area contributed by atoms with Crippen molar-refractivity contribution in [3.63, 3.8) is 0 Å². The molecule has 0 atom stereocenters. The lowest BCUT2D eigenvalue weighted by Crippen LogP contribution is -2.07. The van der Waals surface area contributed by atoms with E-state index in [0.29, 0.717) is 17.6 Å². The Kier molecular flexibility index (Phi) is 9.43. The fourth-order valence-corrected chi connectivity index (χ4v) is 10.1. The van der Waals surface area contributed by atoms with E-state index < -0.39 is 0 Å². The van der Waals surface area contributed by atoms with Crippen molar-refractivity contribution in [2.45, 2.75) is 0 Å². The topological polar surface area (TPSA) is 48.5 Å². The van der Waals surface area contributed by atoms with Crippen LogP contribution >= 0.6 is 0 Å². The summed E-state index contributed by atoms with van der Waals surface area (Å²) in [6, 6.07) is 88.2. The van der Waals surface area contributed by atoms with Crippen molar-refractivity contribution >= 4 is 43.6 Å². The Bertz CT molecular complexity index is 3960. The van der Waals surface area contributed by atoms with E-state index in [1.807, 2.05) is 24.3 Å². The van der Waals surface area contributed by atoms with Crippen LogP contribution in [-0.4, -0.2) is 24.1 Å². The predicted molar refractivity (Wildman–Crippen MR) is 281 cm³/mol. The van der Waals surface area contributed by atoms with Crippen LogP contribution in [0.5, 0.6) is 0 Å². The van der Waals surface area contributed by atoms with Gasteiger partial charge in [0.05, 0.1) is 22.1 Å². The molecule has 0 saturated carbocycles. The van der Waals surface area contributed by atoms with Gasteiger partial charge in [-0.2, -0.15) is 9.97 Å². The van der Waals surface area contributed by atoms with Crippen molar-refractivity contribution in [3.05, 3.63) is 249 Å². The Balaban J connectivity index is 1.20. The third-order valence-electron chi connectivity index (χ3n) is 13.2. The molecule has 10 aromatic carbocycles. The molecule has 318 valence electrons. The number of rotatable bonds is 8. The van der Waals surface area contributed by atoms with E-state index in [9.17, 15) is 0 Å². The third-order valence-corrected chi connectivity index (χ3v) is 13.2. The normalized spacial score (nSPS) is 11.5. The quantitative estimate of drug-likeness (QED) is 0.153. The van der Waals surface area contributed by atoms with Gasteiger partial charge in [-0.25, -0.2) is 4.98 Å². The number of para-hydroxylation sites is 2. The van der Waals surface area contributed by atoms with Crippen LogP contribution < -0.4 is 0 Å². The maximum absolute atomic E-state index is 5.50. The fraction of sp³-hybridized carbons (Fsp3) is 0. The molecule has 5 heteroatoms. The van der Waals surface area contributed by atoms with Crippen molar-refractivity contribution in [2.75, 3.05) is 0 Å². The van der Waals surface area contributed by atoms with Crippen molar-refractivity contribution in [1.82, 2.24) is 24.1 Å². The second kappa shape index (κ2) is 16.4. The summed E-state index contributed by atoms with van der Waals surface area (Å²) < 4.78 is 4.76. The molecule has 0 aliphatic carbocycles. The summed E-state index contributed by atoms with van der Waals surface area (Å²) in [7, 11) is 0. The zero-order chi connectivity index (χ0) is 45.0. The number of fused-ring (bicyclic) bond motifs is 7. The Morgan fingerprint density at radius 1 is 0.250 bits per heavy atom. The number of aromatic nitrogens is 5. The summed E-state index contributed by atoms with van der Waals surface area (Å²) in [5, 5.41) is 4.54. The first-order valence-electron chi connectivity index (χ1n) is 23.0. The highest BCUT2D eigenvalue weighted by Crippen LogP contribution is 2.52. The molecule has 0 amide bonds. The van der Waals surface area contributed by atoms with Gasteiger partial charge in [-0.3, -0.25) is 4.57 Å². The van der Waals surface area contributed by atoms with Gasteiger partial charge in [0.2, 0.25) is 5.95 Å². The molecule has 68 heavy (non-hydrogen) atoms. The highest BCUT2D eigenvalue weighted by molar-refractivity contribution is 6.33. The summed E-state index contributed by atoms with van der Waals surface area (Å²) in [6.45, 7) is 0. The minimum Gasteiger partial charge on any atom is -0.307 e. The molecule has 0 aliphatic rings. The van der Waals surface area contributed by atoms with Crippen LogP contribution in [0, 0.1) is 0 Å². The monoisotopic (exact) mass is 867 g/mol. The Labute approximate surface area is 393 Å². The Morgan fingerprint density at radius 3 is 1.04 bits per heavy atom. The number of hydrogen-bond donors (Lipinski definition) is 0. The molecule has 5 nitrogen and oxygen atoms in total. The lowest BCUT2D eigenvalue weighted by Gasteiger charge is -2.18. The summed E-state index contributed by atoms with van der Waals surface area (Å²) in [4.78, 5) is 16.2. The summed E-state index contributed by atoms with van der Waals surface area (Å²) in [6.07, 6.45) is 0. The molecule has 0 N–H and O–H groups in total. The van der Waals surface area contributed by atoms with Gasteiger partial charge in [0.15, 0.2) is 11.6 Å². The molecular weight excluding hydrogens is 827 g/mol. The average molecular weight is 868 g/mol. The van der Waals surface area contributed by atoms with Crippen LogP contribution in [0.15, 0.2) is 249 Å². The molecule has 0 fully saturated rings. The first-order valence-corrected chi connectivity index (χ1v) is 23.0. The first-order chi connectivity index (χ1) is 33.8. The molecule has 3 aromatic heterocycles. The largest absolute Gasteiger partial charge is 0.307 e. The smallest absolute Gasteiger partial charge is 0.238 e. The Morgan fingerprint density at radius 2 is 0.574 bits per heavy atom.